The largest absolute Gasteiger partial charge is 0.333 e. The topological polar surface area (TPSA) is 92.5 Å². The number of piperazine rings is 1. The lowest BCUT2D eigenvalue weighted by molar-refractivity contribution is 0.0654. The van der Waals surface area contributed by atoms with Crippen LogP contribution in [0.15, 0.2) is 21.5 Å². The van der Waals surface area contributed by atoms with Crippen molar-refractivity contribution >= 4 is 44.3 Å². The molecule has 22 heavy (non-hydrogen) atoms. The van der Waals surface area contributed by atoms with Crippen LogP contribution in [-0.2, 0) is 10.0 Å². The van der Waals surface area contributed by atoms with Crippen molar-refractivity contribution in [2.75, 3.05) is 19.6 Å². The second-order valence-electron chi connectivity index (χ2n) is 5.17. The van der Waals surface area contributed by atoms with Crippen LogP contribution in [0.25, 0.3) is 0 Å². The van der Waals surface area contributed by atoms with Crippen LogP contribution >= 0.6 is 28.3 Å². The highest BCUT2D eigenvalue weighted by Crippen LogP contribution is 2.25. The van der Waals surface area contributed by atoms with Crippen molar-refractivity contribution < 1.29 is 13.2 Å². The molecule has 0 aromatic heterocycles. The van der Waals surface area contributed by atoms with Gasteiger partial charge < -0.3 is 10.2 Å². The van der Waals surface area contributed by atoms with Gasteiger partial charge in [0.2, 0.25) is 10.0 Å². The normalized spacial score (nSPS) is 18.7. The molecule has 0 spiro atoms. The third-order valence-electron chi connectivity index (χ3n) is 3.62. The van der Waals surface area contributed by atoms with Crippen LogP contribution in [0.5, 0.6) is 0 Å². The molecule has 1 aromatic rings. The molecule has 0 radical (unpaired) electrons. The third-order valence-corrected chi connectivity index (χ3v) is 5.12. The molecule has 0 saturated carbocycles. The Balaban J connectivity index is 0.00000242. The first-order chi connectivity index (χ1) is 9.71. The highest BCUT2D eigenvalue weighted by molar-refractivity contribution is 9.10. The van der Waals surface area contributed by atoms with Gasteiger partial charge in [-0.2, -0.15) is 0 Å². The molecular weight excluding hydrogens is 394 g/mol. The van der Waals surface area contributed by atoms with Gasteiger partial charge in [0.15, 0.2) is 0 Å². The van der Waals surface area contributed by atoms with Crippen molar-refractivity contribution in [1.82, 2.24) is 10.2 Å². The van der Waals surface area contributed by atoms with Crippen LogP contribution in [0.1, 0.15) is 22.8 Å². The van der Waals surface area contributed by atoms with Crippen molar-refractivity contribution in [3.63, 3.8) is 0 Å². The zero-order valence-corrected chi connectivity index (χ0v) is 15.5. The molecule has 1 saturated heterocycles. The summed E-state index contributed by atoms with van der Waals surface area (Å²) in [6.07, 6.45) is 0. The third kappa shape index (κ3) is 3.99. The van der Waals surface area contributed by atoms with Crippen molar-refractivity contribution in [3.8, 4) is 0 Å². The number of primary sulfonamides is 1. The van der Waals surface area contributed by atoms with E-state index in [1.165, 1.54) is 6.07 Å². The Morgan fingerprint density at radius 3 is 2.64 bits per heavy atom. The number of nitrogens with zero attached hydrogens (tertiary/aromatic N) is 1. The number of carbonyl (C=O) groups is 1. The molecular formula is C13H19BrClN3O3S. The maximum absolute atomic E-state index is 12.7. The van der Waals surface area contributed by atoms with Crippen LogP contribution in [-0.4, -0.2) is 44.9 Å². The Hall–Kier alpha value is -0.670. The first-order valence-corrected chi connectivity index (χ1v) is 8.90. The number of halogens is 2. The number of hydrogen-bond donors (Lipinski definition) is 2. The van der Waals surface area contributed by atoms with Crippen LogP contribution in [0, 0.1) is 6.92 Å². The number of carbonyl (C=O) groups excluding carboxylic acids is 1. The highest BCUT2D eigenvalue weighted by atomic mass is 79.9. The Kier molecular flexibility index (Phi) is 6.40. The number of benzene rings is 1. The van der Waals surface area contributed by atoms with E-state index in [1.54, 1.807) is 17.9 Å². The fourth-order valence-electron chi connectivity index (χ4n) is 2.47. The predicted molar refractivity (Wildman–Crippen MR) is 90.9 cm³/mol. The summed E-state index contributed by atoms with van der Waals surface area (Å²) in [6.45, 7) is 5.60. The molecule has 0 unspecified atom stereocenters. The molecule has 1 aliphatic heterocycles. The molecule has 0 aliphatic carbocycles. The molecule has 0 bridgehead atoms. The maximum atomic E-state index is 12.7. The minimum absolute atomic E-state index is 0. The van der Waals surface area contributed by atoms with Crippen LogP contribution in [0.2, 0.25) is 0 Å². The summed E-state index contributed by atoms with van der Waals surface area (Å²) >= 11 is 3.24. The van der Waals surface area contributed by atoms with E-state index in [0.717, 1.165) is 13.1 Å². The van der Waals surface area contributed by atoms with Crippen molar-refractivity contribution in [2.45, 2.75) is 24.8 Å². The van der Waals surface area contributed by atoms with Gasteiger partial charge in [-0.15, -0.1) is 12.4 Å². The molecule has 1 aliphatic rings. The predicted octanol–water partition coefficient (Wildman–Crippen LogP) is 1.26. The van der Waals surface area contributed by atoms with Gasteiger partial charge in [0, 0.05) is 35.7 Å². The molecule has 1 atom stereocenters. The van der Waals surface area contributed by atoms with E-state index >= 15 is 0 Å². The van der Waals surface area contributed by atoms with Gasteiger partial charge in [-0.3, -0.25) is 4.79 Å². The van der Waals surface area contributed by atoms with E-state index in [-0.39, 0.29) is 29.3 Å². The molecule has 1 aromatic carbocycles. The van der Waals surface area contributed by atoms with Crippen LogP contribution < -0.4 is 10.5 Å². The quantitative estimate of drug-likeness (QED) is 0.765. The molecule has 3 N–H and O–H groups in total. The summed E-state index contributed by atoms with van der Waals surface area (Å²) in [6, 6.07) is 3.12. The molecule has 9 heteroatoms. The smallest absolute Gasteiger partial charge is 0.254 e. The average Bonchev–Trinajstić information content (AvgIpc) is 2.39. The molecule has 1 heterocycles. The Morgan fingerprint density at radius 2 is 2.09 bits per heavy atom. The summed E-state index contributed by atoms with van der Waals surface area (Å²) < 4.78 is 23.8. The second kappa shape index (κ2) is 7.27. The minimum Gasteiger partial charge on any atom is -0.333 e. The SMILES string of the molecule is Cc1c(C(=O)N2CCNC[C@@H]2C)cc(Br)cc1S(N)(=O)=O.Cl. The van der Waals surface area contributed by atoms with Gasteiger partial charge in [-0.1, -0.05) is 15.9 Å². The van der Waals surface area contributed by atoms with E-state index in [2.05, 4.69) is 21.2 Å². The van der Waals surface area contributed by atoms with E-state index in [9.17, 15) is 13.2 Å². The second-order valence-corrected chi connectivity index (χ2v) is 7.62. The van der Waals surface area contributed by atoms with Gasteiger partial charge in [0.1, 0.15) is 0 Å². The number of rotatable bonds is 2. The summed E-state index contributed by atoms with van der Waals surface area (Å²) in [7, 11) is -3.87. The van der Waals surface area contributed by atoms with Crippen molar-refractivity contribution in [1.29, 1.82) is 0 Å². The number of amides is 1. The molecule has 1 amide bonds. The number of nitrogens with two attached hydrogens (primary N) is 1. The fraction of sp³-hybridized carbons (Fsp3) is 0.462. The number of nitrogens with one attached hydrogen (secondary N) is 1. The van der Waals surface area contributed by atoms with Crippen LogP contribution in [0.4, 0.5) is 0 Å². The van der Waals surface area contributed by atoms with E-state index in [0.29, 0.717) is 22.1 Å². The van der Waals surface area contributed by atoms with Gasteiger partial charge in [-0.05, 0) is 31.5 Å². The van der Waals surface area contributed by atoms with Crippen LogP contribution in [0.3, 0.4) is 0 Å². The first kappa shape index (κ1) is 19.4. The summed E-state index contributed by atoms with van der Waals surface area (Å²) in [5.41, 5.74) is 0.749. The maximum Gasteiger partial charge on any atom is 0.254 e. The lowest BCUT2D eigenvalue weighted by atomic mass is 10.1. The van der Waals surface area contributed by atoms with E-state index < -0.39 is 10.0 Å². The lowest BCUT2D eigenvalue weighted by Gasteiger charge is -2.34. The summed E-state index contributed by atoms with van der Waals surface area (Å²) in [5, 5.41) is 8.43. The van der Waals surface area contributed by atoms with E-state index in [4.69, 9.17) is 5.14 Å². The van der Waals surface area contributed by atoms with Crippen molar-refractivity contribution in [3.05, 3.63) is 27.7 Å². The summed E-state index contributed by atoms with van der Waals surface area (Å²) in [5.74, 6) is -0.173. The number of hydrogen-bond acceptors (Lipinski definition) is 4. The molecule has 1 fully saturated rings. The van der Waals surface area contributed by atoms with E-state index in [1.807, 2.05) is 6.92 Å². The van der Waals surface area contributed by atoms with Crippen molar-refractivity contribution in [2.24, 2.45) is 5.14 Å². The van der Waals surface area contributed by atoms with Gasteiger partial charge in [-0.25, -0.2) is 13.6 Å². The zero-order chi connectivity index (χ0) is 15.8. The Labute approximate surface area is 145 Å². The zero-order valence-electron chi connectivity index (χ0n) is 12.3. The molecule has 124 valence electrons. The monoisotopic (exact) mass is 411 g/mol. The Morgan fingerprint density at radius 1 is 1.45 bits per heavy atom. The Bertz CT molecular complexity index is 681. The number of sulfonamides is 1. The summed E-state index contributed by atoms with van der Waals surface area (Å²) in [4.78, 5) is 14.4. The lowest BCUT2D eigenvalue weighted by Crippen LogP contribution is -2.52. The standard InChI is InChI=1S/C13H18BrN3O3S.ClH/c1-8-7-16-3-4-17(8)13(18)11-5-10(14)6-12(9(11)2)21(15,19)20;/h5-6,8,16H,3-4,7H2,1-2H3,(H2,15,19,20);1H/t8-;/m0./s1. The molecule has 6 nitrogen and oxygen atoms in total. The molecule has 2 rings (SSSR count). The fourth-order valence-corrected chi connectivity index (χ4v) is 3.91. The van der Waals surface area contributed by atoms with Gasteiger partial charge in [0.25, 0.3) is 5.91 Å². The van der Waals surface area contributed by atoms with Gasteiger partial charge >= 0.3 is 0 Å². The average molecular weight is 413 g/mol. The highest BCUT2D eigenvalue weighted by Gasteiger charge is 2.27. The minimum atomic E-state index is -3.87. The first-order valence-electron chi connectivity index (χ1n) is 6.56. The van der Waals surface area contributed by atoms with Gasteiger partial charge in [0.05, 0.1) is 4.90 Å².